The highest BCUT2D eigenvalue weighted by Crippen LogP contribution is 2.29. The molecule has 0 unspecified atom stereocenters. The highest BCUT2D eigenvalue weighted by atomic mass is 32.1. The third-order valence-electron chi connectivity index (χ3n) is 5.35. The number of amides is 1. The number of rotatable bonds is 6. The van der Waals surface area contributed by atoms with E-state index < -0.39 is 0 Å². The van der Waals surface area contributed by atoms with Gasteiger partial charge in [-0.05, 0) is 49.4 Å². The number of aromatic nitrogens is 2. The van der Waals surface area contributed by atoms with Crippen LogP contribution in [0.3, 0.4) is 0 Å². The lowest BCUT2D eigenvalue weighted by atomic mass is 9.97. The molecule has 1 aliphatic heterocycles. The minimum atomic E-state index is -0.154. The lowest BCUT2D eigenvalue weighted by Crippen LogP contribution is -2.39. The molecule has 1 aromatic carbocycles. The molecule has 1 saturated heterocycles. The molecule has 31 heavy (non-hydrogen) atoms. The van der Waals surface area contributed by atoms with E-state index in [1.54, 1.807) is 22.3 Å². The Hall–Kier alpha value is -3.19. The first-order valence-corrected chi connectivity index (χ1v) is 11.4. The van der Waals surface area contributed by atoms with Crippen molar-refractivity contribution in [3.63, 3.8) is 0 Å². The fourth-order valence-electron chi connectivity index (χ4n) is 3.69. The van der Waals surface area contributed by atoms with E-state index in [9.17, 15) is 9.59 Å². The van der Waals surface area contributed by atoms with E-state index in [0.29, 0.717) is 32.5 Å². The summed E-state index contributed by atoms with van der Waals surface area (Å²) in [4.78, 5) is 27.5. The van der Waals surface area contributed by atoms with Gasteiger partial charge < -0.3 is 9.64 Å². The number of hydrogen-bond donors (Lipinski definition) is 0. The van der Waals surface area contributed by atoms with E-state index in [4.69, 9.17) is 9.84 Å². The number of thiophene rings is 1. The van der Waals surface area contributed by atoms with Crippen LogP contribution in [0, 0.1) is 5.92 Å². The molecule has 3 aromatic rings. The number of benzene rings is 1. The average Bonchev–Trinajstić information content (AvgIpc) is 3.48. The van der Waals surface area contributed by atoms with Gasteiger partial charge in [-0.2, -0.15) is 5.10 Å². The van der Waals surface area contributed by atoms with E-state index in [2.05, 4.69) is 0 Å². The molecular weight excluding hydrogens is 410 g/mol. The molecule has 7 heteroatoms. The maximum absolute atomic E-state index is 12.7. The molecule has 0 radical (unpaired) electrons. The maximum Gasteiger partial charge on any atom is 0.309 e. The average molecular weight is 436 g/mol. The van der Waals surface area contributed by atoms with E-state index in [1.807, 2.05) is 71.7 Å². The molecule has 0 atom stereocenters. The van der Waals surface area contributed by atoms with Gasteiger partial charge in [-0.3, -0.25) is 9.59 Å². The molecule has 1 fully saturated rings. The van der Waals surface area contributed by atoms with Crippen molar-refractivity contribution in [3.8, 4) is 16.3 Å². The highest BCUT2D eigenvalue weighted by molar-refractivity contribution is 7.13. The Morgan fingerprint density at radius 2 is 1.94 bits per heavy atom. The summed E-state index contributed by atoms with van der Waals surface area (Å²) in [6.07, 6.45) is 6.67. The topological polar surface area (TPSA) is 64.4 Å². The molecule has 6 nitrogen and oxygen atoms in total. The predicted octanol–water partition coefficient (Wildman–Crippen LogP) is 4.42. The van der Waals surface area contributed by atoms with Gasteiger partial charge in [-0.25, -0.2) is 4.68 Å². The summed E-state index contributed by atoms with van der Waals surface area (Å²) in [6, 6.07) is 13.9. The summed E-state index contributed by atoms with van der Waals surface area (Å²) in [6.45, 7) is 3.33. The smallest absolute Gasteiger partial charge is 0.309 e. The third kappa shape index (κ3) is 4.94. The number of ether oxygens (including phenoxy) is 1. The van der Waals surface area contributed by atoms with Gasteiger partial charge in [0.05, 0.1) is 23.1 Å². The van der Waals surface area contributed by atoms with Crippen LogP contribution in [0.1, 0.15) is 25.3 Å². The van der Waals surface area contributed by atoms with Crippen molar-refractivity contribution in [2.45, 2.75) is 19.8 Å². The number of nitrogens with zero attached hydrogens (tertiary/aromatic N) is 3. The normalized spacial score (nSPS) is 14.8. The summed E-state index contributed by atoms with van der Waals surface area (Å²) in [5.41, 5.74) is 2.71. The van der Waals surface area contributed by atoms with Gasteiger partial charge in [0.15, 0.2) is 0 Å². The number of para-hydroxylation sites is 1. The van der Waals surface area contributed by atoms with Crippen LogP contribution in [-0.2, 0) is 14.3 Å². The number of carbonyl (C=O) groups is 2. The Labute approximate surface area is 185 Å². The van der Waals surface area contributed by atoms with Crippen LogP contribution in [0.5, 0.6) is 0 Å². The van der Waals surface area contributed by atoms with Crippen molar-refractivity contribution in [1.82, 2.24) is 14.7 Å². The van der Waals surface area contributed by atoms with Crippen molar-refractivity contribution in [3.05, 3.63) is 65.7 Å². The first-order valence-electron chi connectivity index (χ1n) is 10.5. The van der Waals surface area contributed by atoms with Gasteiger partial charge in [0.1, 0.15) is 5.69 Å². The molecule has 2 aromatic heterocycles. The standard InChI is InChI=1S/C24H25N3O3S/c1-2-30-24(29)18-12-14-26(15-13-18)22(28)11-10-19-17-27(20-7-4-3-5-8-20)25-23(19)21-9-6-16-31-21/h3-11,16-18H,2,12-15H2,1H3. The molecule has 4 rings (SSSR count). The Balaban J connectivity index is 1.49. The number of esters is 1. The summed E-state index contributed by atoms with van der Waals surface area (Å²) in [5.74, 6) is -0.312. The minimum Gasteiger partial charge on any atom is -0.466 e. The van der Waals surface area contributed by atoms with Crippen molar-refractivity contribution in [2.24, 2.45) is 5.92 Å². The largest absolute Gasteiger partial charge is 0.466 e. The second-order valence-electron chi connectivity index (χ2n) is 7.38. The number of hydrogen-bond acceptors (Lipinski definition) is 5. The monoisotopic (exact) mass is 435 g/mol. The molecular formula is C24H25N3O3S. The van der Waals surface area contributed by atoms with Gasteiger partial charge in [0.25, 0.3) is 0 Å². The summed E-state index contributed by atoms with van der Waals surface area (Å²) in [7, 11) is 0. The Morgan fingerprint density at radius 1 is 1.16 bits per heavy atom. The molecule has 3 heterocycles. The van der Waals surface area contributed by atoms with Gasteiger partial charge in [0.2, 0.25) is 5.91 Å². The van der Waals surface area contributed by atoms with Gasteiger partial charge in [0, 0.05) is 30.9 Å². The zero-order valence-electron chi connectivity index (χ0n) is 17.4. The van der Waals surface area contributed by atoms with Crippen LogP contribution >= 0.6 is 11.3 Å². The molecule has 0 bridgehead atoms. The summed E-state index contributed by atoms with van der Waals surface area (Å²) in [5, 5.41) is 6.78. The van der Waals surface area contributed by atoms with Crippen molar-refractivity contribution in [1.29, 1.82) is 0 Å². The van der Waals surface area contributed by atoms with Crippen LogP contribution in [-0.4, -0.2) is 46.3 Å². The zero-order chi connectivity index (χ0) is 21.6. The second-order valence-corrected chi connectivity index (χ2v) is 8.32. The maximum atomic E-state index is 12.7. The molecule has 160 valence electrons. The van der Waals surface area contributed by atoms with Crippen molar-refractivity contribution >= 4 is 29.3 Å². The first kappa shape index (κ1) is 21.1. The fourth-order valence-corrected chi connectivity index (χ4v) is 4.42. The molecule has 0 aliphatic carbocycles. The van der Waals surface area contributed by atoms with Gasteiger partial charge in [-0.1, -0.05) is 24.3 Å². The fraction of sp³-hybridized carbons (Fsp3) is 0.292. The number of likely N-dealkylation sites (tertiary alicyclic amines) is 1. The summed E-state index contributed by atoms with van der Waals surface area (Å²) >= 11 is 1.62. The van der Waals surface area contributed by atoms with Crippen LogP contribution in [0.4, 0.5) is 0 Å². The molecule has 0 spiro atoms. The Bertz CT molecular complexity index is 1050. The number of carbonyl (C=O) groups excluding carboxylic acids is 2. The lowest BCUT2D eigenvalue weighted by Gasteiger charge is -2.30. The SMILES string of the molecule is CCOC(=O)C1CCN(C(=O)C=Cc2cn(-c3ccccc3)nc2-c2cccs2)CC1. The Morgan fingerprint density at radius 3 is 2.61 bits per heavy atom. The first-order chi connectivity index (χ1) is 15.2. The van der Waals surface area contributed by atoms with Crippen LogP contribution in [0.15, 0.2) is 60.1 Å². The quantitative estimate of drug-likeness (QED) is 0.425. The van der Waals surface area contributed by atoms with E-state index >= 15 is 0 Å². The zero-order valence-corrected chi connectivity index (χ0v) is 18.3. The van der Waals surface area contributed by atoms with E-state index in [1.165, 1.54) is 0 Å². The highest BCUT2D eigenvalue weighted by Gasteiger charge is 2.27. The minimum absolute atomic E-state index is 0.0492. The van der Waals surface area contributed by atoms with E-state index in [0.717, 1.165) is 21.8 Å². The van der Waals surface area contributed by atoms with Crippen LogP contribution < -0.4 is 0 Å². The van der Waals surface area contributed by atoms with Crippen LogP contribution in [0.25, 0.3) is 22.3 Å². The van der Waals surface area contributed by atoms with Crippen molar-refractivity contribution < 1.29 is 14.3 Å². The lowest BCUT2D eigenvalue weighted by molar-refractivity contribution is -0.150. The molecule has 1 amide bonds. The van der Waals surface area contributed by atoms with Gasteiger partial charge >= 0.3 is 5.97 Å². The third-order valence-corrected chi connectivity index (χ3v) is 6.23. The van der Waals surface area contributed by atoms with E-state index in [-0.39, 0.29) is 17.8 Å². The summed E-state index contributed by atoms with van der Waals surface area (Å²) < 4.78 is 6.94. The van der Waals surface area contributed by atoms with Crippen LogP contribution in [0.2, 0.25) is 0 Å². The molecule has 1 aliphatic rings. The molecule has 0 N–H and O–H groups in total. The number of piperidine rings is 1. The van der Waals surface area contributed by atoms with Crippen molar-refractivity contribution in [2.75, 3.05) is 19.7 Å². The second kappa shape index (κ2) is 9.75. The predicted molar refractivity (Wildman–Crippen MR) is 122 cm³/mol. The van der Waals surface area contributed by atoms with Gasteiger partial charge in [-0.15, -0.1) is 11.3 Å². The molecule has 0 saturated carbocycles. The Kier molecular flexibility index (Phi) is 6.62.